The van der Waals surface area contributed by atoms with Crippen LogP contribution < -0.4 is 5.32 Å². The van der Waals surface area contributed by atoms with Gasteiger partial charge in [0.25, 0.3) is 0 Å². The Morgan fingerprint density at radius 3 is 2.60 bits per heavy atom. The van der Waals surface area contributed by atoms with Gasteiger partial charge in [0.2, 0.25) is 0 Å². The summed E-state index contributed by atoms with van der Waals surface area (Å²) in [6.07, 6.45) is 0. The zero-order valence-corrected chi connectivity index (χ0v) is 13.8. The fraction of sp³-hybridized carbons (Fsp3) is 0.333. The molecule has 0 saturated carbocycles. The molecule has 0 bridgehead atoms. The fourth-order valence-electron chi connectivity index (χ4n) is 1.79. The molecule has 0 fully saturated rings. The molecule has 20 heavy (non-hydrogen) atoms. The third-order valence-electron chi connectivity index (χ3n) is 2.71. The first kappa shape index (κ1) is 17.4. The van der Waals surface area contributed by atoms with Crippen LogP contribution in [0.5, 0.6) is 0 Å². The number of halogens is 3. The Labute approximate surface area is 135 Å². The van der Waals surface area contributed by atoms with Crippen LogP contribution >= 0.6 is 35.6 Å². The first-order valence-electron chi connectivity index (χ1n) is 6.31. The highest BCUT2D eigenvalue weighted by atomic mass is 35.5. The van der Waals surface area contributed by atoms with Crippen LogP contribution in [0.4, 0.5) is 0 Å². The van der Waals surface area contributed by atoms with Gasteiger partial charge < -0.3 is 9.73 Å². The minimum absolute atomic E-state index is 0. The van der Waals surface area contributed by atoms with E-state index >= 15 is 0 Å². The van der Waals surface area contributed by atoms with E-state index < -0.39 is 0 Å². The van der Waals surface area contributed by atoms with Gasteiger partial charge in [0, 0.05) is 10.6 Å². The lowest BCUT2D eigenvalue weighted by Crippen LogP contribution is -2.18. The molecule has 2 nitrogen and oxygen atoms in total. The Balaban J connectivity index is 0.00000200. The van der Waals surface area contributed by atoms with Crippen LogP contribution in [-0.2, 0) is 6.54 Å². The quantitative estimate of drug-likeness (QED) is 0.789. The molecule has 110 valence electrons. The van der Waals surface area contributed by atoms with Crippen molar-refractivity contribution in [3.05, 3.63) is 46.1 Å². The van der Waals surface area contributed by atoms with Gasteiger partial charge in [-0.15, -0.1) is 12.4 Å². The Hall–Kier alpha value is -0.670. The Kier molecular flexibility index (Phi) is 6.90. The van der Waals surface area contributed by atoms with Crippen LogP contribution in [0.15, 0.2) is 34.7 Å². The van der Waals surface area contributed by atoms with Crippen molar-refractivity contribution in [2.24, 2.45) is 5.92 Å². The van der Waals surface area contributed by atoms with Gasteiger partial charge in [-0.25, -0.2) is 0 Å². The molecule has 0 aliphatic heterocycles. The first-order valence-corrected chi connectivity index (χ1v) is 7.06. The van der Waals surface area contributed by atoms with Crippen molar-refractivity contribution in [1.29, 1.82) is 0 Å². The zero-order chi connectivity index (χ0) is 13.8. The zero-order valence-electron chi connectivity index (χ0n) is 11.5. The summed E-state index contributed by atoms with van der Waals surface area (Å²) in [7, 11) is 0. The topological polar surface area (TPSA) is 25.2 Å². The average molecular weight is 335 g/mol. The van der Waals surface area contributed by atoms with E-state index in [0.29, 0.717) is 16.0 Å². The molecule has 0 atom stereocenters. The van der Waals surface area contributed by atoms with E-state index in [0.717, 1.165) is 30.2 Å². The van der Waals surface area contributed by atoms with Gasteiger partial charge in [0.1, 0.15) is 11.5 Å². The Morgan fingerprint density at radius 2 is 1.90 bits per heavy atom. The number of nitrogens with one attached hydrogen (secondary N) is 1. The summed E-state index contributed by atoms with van der Waals surface area (Å²) in [6, 6.07) is 9.23. The number of rotatable bonds is 5. The highest BCUT2D eigenvalue weighted by Crippen LogP contribution is 2.31. The minimum atomic E-state index is 0. The summed E-state index contributed by atoms with van der Waals surface area (Å²) in [4.78, 5) is 0. The molecule has 1 N–H and O–H groups in total. The molecule has 1 aromatic carbocycles. The van der Waals surface area contributed by atoms with Gasteiger partial charge in [-0.1, -0.05) is 37.0 Å². The second-order valence-electron chi connectivity index (χ2n) is 4.91. The van der Waals surface area contributed by atoms with Crippen LogP contribution in [0.1, 0.15) is 19.6 Å². The largest absolute Gasteiger partial charge is 0.460 e. The summed E-state index contributed by atoms with van der Waals surface area (Å²) in [5.74, 6) is 2.26. The maximum Gasteiger partial charge on any atom is 0.135 e. The van der Waals surface area contributed by atoms with E-state index in [2.05, 4.69) is 19.2 Å². The lowest BCUT2D eigenvalue weighted by molar-refractivity contribution is 0.472. The Morgan fingerprint density at radius 1 is 1.15 bits per heavy atom. The summed E-state index contributed by atoms with van der Waals surface area (Å²) in [5.41, 5.74) is 0.823. The van der Waals surface area contributed by atoms with E-state index in [1.165, 1.54) is 0 Å². The summed E-state index contributed by atoms with van der Waals surface area (Å²) >= 11 is 12.1. The molecule has 0 aliphatic rings. The third kappa shape index (κ3) is 4.71. The molecule has 2 rings (SSSR count). The first-order chi connectivity index (χ1) is 9.06. The van der Waals surface area contributed by atoms with Gasteiger partial charge in [-0.3, -0.25) is 0 Å². The maximum absolute atomic E-state index is 6.15. The predicted octanol–water partition coefficient (Wildman–Crippen LogP) is 5.42. The van der Waals surface area contributed by atoms with Crippen LogP contribution in [0.3, 0.4) is 0 Å². The molecule has 0 radical (unpaired) electrons. The normalized spacial score (nSPS) is 10.7. The van der Waals surface area contributed by atoms with Crippen molar-refractivity contribution in [2.45, 2.75) is 20.4 Å². The van der Waals surface area contributed by atoms with Crippen molar-refractivity contribution in [3.63, 3.8) is 0 Å². The van der Waals surface area contributed by atoms with Crippen LogP contribution in [0.25, 0.3) is 11.3 Å². The van der Waals surface area contributed by atoms with Gasteiger partial charge in [-0.2, -0.15) is 0 Å². The molecular formula is C15H18Cl3NO. The molecule has 0 aliphatic carbocycles. The van der Waals surface area contributed by atoms with Crippen LogP contribution in [0, 0.1) is 5.92 Å². The summed E-state index contributed by atoms with van der Waals surface area (Å²) < 4.78 is 5.78. The van der Waals surface area contributed by atoms with Crippen molar-refractivity contribution >= 4 is 35.6 Å². The van der Waals surface area contributed by atoms with Crippen LogP contribution in [0.2, 0.25) is 10.0 Å². The predicted molar refractivity (Wildman–Crippen MR) is 88.0 cm³/mol. The van der Waals surface area contributed by atoms with Gasteiger partial charge in [-0.05, 0) is 42.8 Å². The SMILES string of the molecule is CC(C)CNCc1ccc(-c2cc(Cl)ccc2Cl)o1.Cl. The molecule has 0 unspecified atom stereocenters. The standard InChI is InChI=1S/C15H17Cl2NO.ClH/c1-10(2)8-18-9-12-4-6-15(19-12)13-7-11(16)3-5-14(13)17;/h3-7,10,18H,8-9H2,1-2H3;1H. The van der Waals surface area contributed by atoms with Crippen molar-refractivity contribution in [2.75, 3.05) is 6.54 Å². The smallest absolute Gasteiger partial charge is 0.135 e. The number of hydrogen-bond acceptors (Lipinski definition) is 2. The second kappa shape index (κ2) is 7.94. The monoisotopic (exact) mass is 333 g/mol. The lowest BCUT2D eigenvalue weighted by Gasteiger charge is -2.05. The van der Waals surface area contributed by atoms with Crippen LogP contribution in [-0.4, -0.2) is 6.54 Å². The van der Waals surface area contributed by atoms with Gasteiger partial charge in [0.05, 0.1) is 11.6 Å². The molecule has 2 aromatic rings. The van der Waals surface area contributed by atoms with Crippen molar-refractivity contribution < 1.29 is 4.42 Å². The lowest BCUT2D eigenvalue weighted by atomic mass is 10.2. The molecule has 0 spiro atoms. The highest BCUT2D eigenvalue weighted by molar-refractivity contribution is 6.35. The highest BCUT2D eigenvalue weighted by Gasteiger charge is 2.09. The van der Waals surface area contributed by atoms with E-state index in [-0.39, 0.29) is 12.4 Å². The summed E-state index contributed by atoms with van der Waals surface area (Å²) in [5, 5.41) is 4.63. The van der Waals surface area contributed by atoms with E-state index in [1.807, 2.05) is 18.2 Å². The molecule has 1 heterocycles. The van der Waals surface area contributed by atoms with Gasteiger partial charge in [0.15, 0.2) is 0 Å². The maximum atomic E-state index is 6.15. The molecule has 5 heteroatoms. The van der Waals surface area contributed by atoms with Crippen molar-refractivity contribution in [1.82, 2.24) is 5.32 Å². The number of hydrogen-bond donors (Lipinski definition) is 1. The fourth-order valence-corrected chi connectivity index (χ4v) is 2.17. The average Bonchev–Trinajstić information content (AvgIpc) is 2.80. The number of furan rings is 1. The molecular weight excluding hydrogens is 317 g/mol. The molecule has 0 saturated heterocycles. The summed E-state index contributed by atoms with van der Waals surface area (Å²) in [6.45, 7) is 6.03. The third-order valence-corrected chi connectivity index (χ3v) is 3.27. The Bertz CT molecular complexity index is 552. The second-order valence-corrected chi connectivity index (χ2v) is 5.76. The van der Waals surface area contributed by atoms with E-state index in [1.54, 1.807) is 12.1 Å². The van der Waals surface area contributed by atoms with E-state index in [4.69, 9.17) is 27.6 Å². The van der Waals surface area contributed by atoms with E-state index in [9.17, 15) is 0 Å². The van der Waals surface area contributed by atoms with Crippen molar-refractivity contribution in [3.8, 4) is 11.3 Å². The van der Waals surface area contributed by atoms with Gasteiger partial charge >= 0.3 is 0 Å². The molecule has 1 aromatic heterocycles. The minimum Gasteiger partial charge on any atom is -0.460 e. The molecule has 0 amide bonds. The number of benzene rings is 1.